The molecule has 0 fully saturated rings. The molecule has 2 N–H and O–H groups in total. The molecule has 2 radical (unpaired) electrons. The Bertz CT molecular complexity index is 657. The fraction of sp³-hybridized carbons (Fsp3) is 0.125. The third kappa shape index (κ3) is 2.12. The molecular weight excluding hydrogens is 235 g/mol. The summed E-state index contributed by atoms with van der Waals surface area (Å²) < 4.78 is 0. The maximum atomic E-state index is 9.57. The molecule has 0 spiro atoms. The predicted molar refractivity (Wildman–Crippen MR) is 76.3 cm³/mol. The zero-order valence-electron chi connectivity index (χ0n) is 10.4. The maximum absolute atomic E-state index is 9.57. The number of fused-ring (bicyclic) bond motifs is 1. The lowest BCUT2D eigenvalue weighted by Crippen LogP contribution is -2.06. The molecule has 0 atom stereocenters. The van der Waals surface area contributed by atoms with E-state index in [1.165, 1.54) is 0 Å². The lowest BCUT2D eigenvalue weighted by Gasteiger charge is -2.22. The van der Waals surface area contributed by atoms with Crippen molar-refractivity contribution in [1.29, 1.82) is 0 Å². The molecule has 92 valence electrons. The minimum absolute atomic E-state index is 0.240. The fourth-order valence-corrected chi connectivity index (χ4v) is 2.57. The number of phenols is 2. The highest BCUT2D eigenvalue weighted by molar-refractivity contribution is 6.26. The van der Waals surface area contributed by atoms with Crippen LogP contribution in [0.25, 0.3) is 5.57 Å². The Morgan fingerprint density at radius 3 is 2.26 bits per heavy atom. The maximum Gasteiger partial charge on any atom is 0.115 e. The Morgan fingerprint density at radius 2 is 1.53 bits per heavy atom. The topological polar surface area (TPSA) is 40.5 Å². The van der Waals surface area contributed by atoms with Crippen molar-refractivity contribution in [3.63, 3.8) is 0 Å². The average molecular weight is 248 g/mol. The zero-order chi connectivity index (χ0) is 13.4. The quantitative estimate of drug-likeness (QED) is 0.761. The molecule has 0 aliphatic heterocycles. The molecule has 1 aliphatic carbocycles. The van der Waals surface area contributed by atoms with Gasteiger partial charge in [-0.3, -0.25) is 0 Å². The van der Waals surface area contributed by atoms with Crippen LogP contribution in [-0.2, 0) is 6.42 Å². The van der Waals surface area contributed by atoms with E-state index in [0.29, 0.717) is 0 Å². The van der Waals surface area contributed by atoms with Gasteiger partial charge in [-0.2, -0.15) is 0 Å². The minimum Gasteiger partial charge on any atom is -0.508 e. The molecule has 0 saturated heterocycles. The Hall–Kier alpha value is -2.16. The van der Waals surface area contributed by atoms with E-state index in [0.717, 1.165) is 40.6 Å². The van der Waals surface area contributed by atoms with Gasteiger partial charge in [-0.25, -0.2) is 0 Å². The van der Waals surface area contributed by atoms with Gasteiger partial charge in [-0.1, -0.05) is 18.2 Å². The first kappa shape index (κ1) is 11.9. The largest absolute Gasteiger partial charge is 0.508 e. The lowest BCUT2D eigenvalue weighted by atomic mass is 9.74. The molecule has 0 aromatic heterocycles. The lowest BCUT2D eigenvalue weighted by molar-refractivity contribution is 0.474. The number of phenolic OH excluding ortho intramolecular Hbond substituents is 2. The molecular formula is C16H13BO2. The molecule has 3 heteroatoms. The number of benzene rings is 2. The summed E-state index contributed by atoms with van der Waals surface area (Å²) in [5.41, 5.74) is 5.01. The SMILES string of the molecule is [B]C1=C(c2ccc(O)cc2)c2ccc(O)cc2CC1. The molecule has 0 heterocycles. The molecule has 2 aromatic rings. The molecule has 0 bridgehead atoms. The average Bonchev–Trinajstić information content (AvgIpc) is 2.40. The van der Waals surface area contributed by atoms with Gasteiger partial charge in [0.2, 0.25) is 0 Å². The highest BCUT2D eigenvalue weighted by Gasteiger charge is 2.17. The van der Waals surface area contributed by atoms with Gasteiger partial charge in [0.15, 0.2) is 0 Å². The van der Waals surface area contributed by atoms with Crippen molar-refractivity contribution in [2.45, 2.75) is 12.8 Å². The van der Waals surface area contributed by atoms with Gasteiger partial charge >= 0.3 is 0 Å². The van der Waals surface area contributed by atoms with Gasteiger partial charge < -0.3 is 10.2 Å². The number of hydrogen-bond donors (Lipinski definition) is 2. The zero-order valence-corrected chi connectivity index (χ0v) is 10.4. The van der Waals surface area contributed by atoms with E-state index in [9.17, 15) is 10.2 Å². The number of hydrogen-bond acceptors (Lipinski definition) is 2. The number of aryl methyl sites for hydroxylation is 1. The van der Waals surface area contributed by atoms with E-state index in [1.807, 2.05) is 18.2 Å². The van der Waals surface area contributed by atoms with Gasteiger partial charge in [0, 0.05) is 0 Å². The van der Waals surface area contributed by atoms with Crippen LogP contribution in [0, 0.1) is 0 Å². The van der Waals surface area contributed by atoms with Crippen molar-refractivity contribution in [2.75, 3.05) is 0 Å². The van der Waals surface area contributed by atoms with Crippen molar-refractivity contribution in [3.05, 3.63) is 64.6 Å². The van der Waals surface area contributed by atoms with Crippen LogP contribution in [0.1, 0.15) is 23.1 Å². The summed E-state index contributed by atoms with van der Waals surface area (Å²) in [6.45, 7) is 0. The van der Waals surface area contributed by atoms with Crippen LogP contribution in [-0.4, -0.2) is 18.1 Å². The third-order valence-corrected chi connectivity index (χ3v) is 3.50. The minimum atomic E-state index is 0.240. The van der Waals surface area contributed by atoms with Crippen LogP contribution in [0.4, 0.5) is 0 Å². The highest BCUT2D eigenvalue weighted by Crippen LogP contribution is 2.36. The first-order valence-corrected chi connectivity index (χ1v) is 6.25. The Kier molecular flexibility index (Phi) is 2.82. The smallest absolute Gasteiger partial charge is 0.115 e. The third-order valence-electron chi connectivity index (χ3n) is 3.50. The second-order valence-corrected chi connectivity index (χ2v) is 4.79. The van der Waals surface area contributed by atoms with Crippen molar-refractivity contribution in [1.82, 2.24) is 0 Å². The highest BCUT2D eigenvalue weighted by atomic mass is 16.3. The van der Waals surface area contributed by atoms with E-state index in [4.69, 9.17) is 7.85 Å². The number of aromatic hydroxyl groups is 2. The summed E-state index contributed by atoms with van der Waals surface area (Å²) in [6.07, 6.45) is 1.63. The fourth-order valence-electron chi connectivity index (χ4n) is 2.57. The molecule has 19 heavy (non-hydrogen) atoms. The van der Waals surface area contributed by atoms with Crippen LogP contribution in [0.3, 0.4) is 0 Å². The van der Waals surface area contributed by atoms with E-state index in [-0.39, 0.29) is 11.5 Å². The summed E-state index contributed by atoms with van der Waals surface area (Å²) in [5, 5.41) is 18.9. The van der Waals surface area contributed by atoms with Crippen LogP contribution in [0.5, 0.6) is 11.5 Å². The van der Waals surface area contributed by atoms with Crippen LogP contribution >= 0.6 is 0 Å². The second kappa shape index (κ2) is 4.50. The van der Waals surface area contributed by atoms with Crippen molar-refractivity contribution >= 4 is 13.4 Å². The standard InChI is InChI=1S/C16H13BO2/c17-15-8-3-11-9-13(19)6-7-14(11)16(15)10-1-4-12(18)5-2-10/h1-2,4-7,9,18-19H,3,8H2. The van der Waals surface area contributed by atoms with Gasteiger partial charge in [0.05, 0.1) is 0 Å². The second-order valence-electron chi connectivity index (χ2n) is 4.79. The predicted octanol–water partition coefficient (Wildman–Crippen LogP) is 2.97. The molecule has 0 saturated carbocycles. The molecule has 1 aliphatic rings. The number of allylic oxidation sites excluding steroid dienone is 1. The van der Waals surface area contributed by atoms with Crippen LogP contribution in [0.15, 0.2) is 47.9 Å². The summed E-state index contributed by atoms with van der Waals surface area (Å²) in [6, 6.07) is 12.4. The summed E-state index contributed by atoms with van der Waals surface area (Å²) in [7, 11) is 6.16. The molecule has 0 unspecified atom stereocenters. The van der Waals surface area contributed by atoms with Crippen LogP contribution < -0.4 is 0 Å². The van der Waals surface area contributed by atoms with E-state index in [1.54, 1.807) is 24.3 Å². The van der Waals surface area contributed by atoms with Gasteiger partial charge in [0.25, 0.3) is 0 Å². The summed E-state index contributed by atoms with van der Waals surface area (Å²) in [4.78, 5) is 0. The normalized spacial score (nSPS) is 14.3. The van der Waals surface area contributed by atoms with E-state index >= 15 is 0 Å². The van der Waals surface area contributed by atoms with Crippen molar-refractivity contribution < 1.29 is 10.2 Å². The summed E-state index contributed by atoms with van der Waals surface area (Å²) in [5.74, 6) is 0.522. The molecule has 0 amide bonds. The van der Waals surface area contributed by atoms with Crippen molar-refractivity contribution in [2.24, 2.45) is 0 Å². The van der Waals surface area contributed by atoms with Crippen molar-refractivity contribution in [3.8, 4) is 11.5 Å². The number of rotatable bonds is 1. The van der Waals surface area contributed by atoms with Gasteiger partial charge in [-0.05, 0) is 59.4 Å². The Labute approximate surface area is 113 Å². The summed E-state index contributed by atoms with van der Waals surface area (Å²) >= 11 is 0. The van der Waals surface area contributed by atoms with E-state index in [2.05, 4.69) is 0 Å². The first-order chi connectivity index (χ1) is 9.15. The Morgan fingerprint density at radius 1 is 0.842 bits per heavy atom. The molecule has 2 nitrogen and oxygen atoms in total. The van der Waals surface area contributed by atoms with E-state index < -0.39 is 0 Å². The Balaban J connectivity index is 2.17. The molecule has 3 rings (SSSR count). The van der Waals surface area contributed by atoms with Crippen LogP contribution in [0.2, 0.25) is 0 Å². The van der Waals surface area contributed by atoms with Gasteiger partial charge in [0.1, 0.15) is 19.3 Å². The van der Waals surface area contributed by atoms with Gasteiger partial charge in [-0.15, -0.1) is 5.47 Å². The molecule has 2 aromatic carbocycles. The first-order valence-electron chi connectivity index (χ1n) is 6.25. The monoisotopic (exact) mass is 248 g/mol.